The Morgan fingerprint density at radius 2 is 1.76 bits per heavy atom. The highest BCUT2D eigenvalue weighted by Gasteiger charge is 2.31. The zero-order valence-electron chi connectivity index (χ0n) is 19.7. The number of benzene rings is 2. The van der Waals surface area contributed by atoms with Gasteiger partial charge in [-0.25, -0.2) is 8.42 Å². The third kappa shape index (κ3) is 7.49. The van der Waals surface area contributed by atoms with Crippen LogP contribution in [0.4, 0.5) is 5.69 Å². The maximum atomic E-state index is 13.5. The molecular formula is C24H33N3O5S. The number of hydrogen-bond acceptors (Lipinski definition) is 5. The Kier molecular flexibility index (Phi) is 9.72. The van der Waals surface area contributed by atoms with E-state index in [4.69, 9.17) is 4.74 Å². The van der Waals surface area contributed by atoms with Gasteiger partial charge in [-0.05, 0) is 30.5 Å². The number of anilines is 1. The second-order valence-electron chi connectivity index (χ2n) is 7.69. The van der Waals surface area contributed by atoms with Crippen LogP contribution in [0, 0.1) is 0 Å². The Hall–Kier alpha value is -3.07. The second-order valence-corrected chi connectivity index (χ2v) is 9.60. The van der Waals surface area contributed by atoms with E-state index in [0.29, 0.717) is 24.4 Å². The van der Waals surface area contributed by atoms with Crippen molar-refractivity contribution >= 4 is 27.5 Å². The molecule has 2 aromatic rings. The first-order valence-electron chi connectivity index (χ1n) is 10.9. The molecule has 0 aliphatic rings. The first kappa shape index (κ1) is 26.2. The highest BCUT2D eigenvalue weighted by atomic mass is 32.2. The van der Waals surface area contributed by atoms with E-state index in [1.807, 2.05) is 44.2 Å². The molecule has 33 heavy (non-hydrogen) atoms. The normalized spacial score (nSPS) is 12.0. The van der Waals surface area contributed by atoms with Crippen molar-refractivity contribution < 1.29 is 22.7 Å². The summed E-state index contributed by atoms with van der Waals surface area (Å²) in [4.78, 5) is 27.8. The summed E-state index contributed by atoms with van der Waals surface area (Å²) in [5, 5.41) is 2.85. The van der Waals surface area contributed by atoms with Crippen LogP contribution in [-0.2, 0) is 26.2 Å². The standard InChI is InChI=1S/C24H33N3O5S/c1-5-15-25-24(29)22(6-2)26(17-19-11-8-7-9-12-19)23(28)18-27(33(4,30)31)20-13-10-14-21(16-20)32-3/h7-14,16,22H,5-6,15,17-18H2,1-4H3,(H,25,29)/t22-/m0/s1. The van der Waals surface area contributed by atoms with Crippen molar-refractivity contribution in [2.75, 3.05) is 30.8 Å². The molecule has 2 aromatic carbocycles. The van der Waals surface area contributed by atoms with Crippen LogP contribution in [0.1, 0.15) is 32.3 Å². The van der Waals surface area contributed by atoms with Crippen LogP contribution < -0.4 is 14.4 Å². The summed E-state index contributed by atoms with van der Waals surface area (Å²) in [5.41, 5.74) is 1.16. The Bertz CT molecular complexity index is 1030. The van der Waals surface area contributed by atoms with Crippen molar-refractivity contribution in [3.05, 3.63) is 60.2 Å². The Morgan fingerprint density at radius 1 is 1.06 bits per heavy atom. The summed E-state index contributed by atoms with van der Waals surface area (Å²) in [6.07, 6.45) is 2.21. The molecule has 1 N–H and O–H groups in total. The molecule has 0 radical (unpaired) electrons. The van der Waals surface area contributed by atoms with Crippen molar-refractivity contribution in [3.8, 4) is 5.75 Å². The van der Waals surface area contributed by atoms with E-state index in [1.165, 1.54) is 12.0 Å². The van der Waals surface area contributed by atoms with Crippen molar-refractivity contribution in [1.82, 2.24) is 10.2 Å². The topological polar surface area (TPSA) is 96.0 Å². The highest BCUT2D eigenvalue weighted by Crippen LogP contribution is 2.24. The Morgan fingerprint density at radius 3 is 2.33 bits per heavy atom. The fraction of sp³-hybridized carbons (Fsp3) is 0.417. The van der Waals surface area contributed by atoms with Gasteiger partial charge in [-0.3, -0.25) is 13.9 Å². The van der Waals surface area contributed by atoms with E-state index < -0.39 is 28.5 Å². The van der Waals surface area contributed by atoms with Gasteiger partial charge in [-0.15, -0.1) is 0 Å². The van der Waals surface area contributed by atoms with E-state index in [0.717, 1.165) is 22.5 Å². The van der Waals surface area contributed by atoms with Crippen LogP contribution in [0.5, 0.6) is 5.75 Å². The van der Waals surface area contributed by atoms with Crippen molar-refractivity contribution in [2.45, 2.75) is 39.3 Å². The molecule has 0 saturated heterocycles. The van der Waals surface area contributed by atoms with Crippen molar-refractivity contribution in [3.63, 3.8) is 0 Å². The monoisotopic (exact) mass is 475 g/mol. The number of hydrogen-bond donors (Lipinski definition) is 1. The first-order chi connectivity index (χ1) is 15.7. The Balaban J connectivity index is 2.40. The molecule has 0 fully saturated rings. The first-order valence-corrected chi connectivity index (χ1v) is 12.8. The number of amides is 2. The fourth-order valence-corrected chi connectivity index (χ4v) is 4.29. The molecule has 1 atom stereocenters. The van der Waals surface area contributed by atoms with E-state index in [9.17, 15) is 18.0 Å². The molecule has 8 nitrogen and oxygen atoms in total. The number of nitrogens with zero attached hydrogens (tertiary/aromatic N) is 2. The third-order valence-corrected chi connectivity index (χ3v) is 6.29. The van der Waals surface area contributed by atoms with E-state index in [1.54, 1.807) is 24.3 Å². The highest BCUT2D eigenvalue weighted by molar-refractivity contribution is 7.92. The quantitative estimate of drug-likeness (QED) is 0.509. The summed E-state index contributed by atoms with van der Waals surface area (Å²) in [6, 6.07) is 15.1. The number of carbonyl (C=O) groups excluding carboxylic acids is 2. The van der Waals surface area contributed by atoms with Gasteiger partial charge in [0.2, 0.25) is 21.8 Å². The van der Waals surface area contributed by atoms with E-state index >= 15 is 0 Å². The predicted molar refractivity (Wildman–Crippen MR) is 130 cm³/mol. The van der Waals surface area contributed by atoms with E-state index in [-0.39, 0.29) is 12.5 Å². The van der Waals surface area contributed by atoms with Gasteiger partial charge in [0.05, 0.1) is 19.1 Å². The van der Waals surface area contributed by atoms with Gasteiger partial charge in [0.25, 0.3) is 0 Å². The minimum absolute atomic E-state index is 0.188. The van der Waals surface area contributed by atoms with Crippen LogP contribution in [0.3, 0.4) is 0 Å². The average molecular weight is 476 g/mol. The van der Waals surface area contributed by atoms with Crippen LogP contribution in [0.2, 0.25) is 0 Å². The van der Waals surface area contributed by atoms with Crippen molar-refractivity contribution in [2.24, 2.45) is 0 Å². The number of ether oxygens (including phenoxy) is 1. The van der Waals surface area contributed by atoms with Gasteiger partial charge in [0.15, 0.2) is 0 Å². The molecular weight excluding hydrogens is 442 g/mol. The van der Waals surface area contributed by atoms with Crippen LogP contribution in [0.15, 0.2) is 54.6 Å². The lowest BCUT2D eigenvalue weighted by Gasteiger charge is -2.33. The minimum Gasteiger partial charge on any atom is -0.497 e. The molecule has 2 rings (SSSR count). The van der Waals surface area contributed by atoms with Gasteiger partial charge < -0.3 is 15.0 Å². The third-order valence-electron chi connectivity index (χ3n) is 5.15. The SMILES string of the molecule is CCCNC(=O)[C@H](CC)N(Cc1ccccc1)C(=O)CN(c1cccc(OC)c1)S(C)(=O)=O. The maximum Gasteiger partial charge on any atom is 0.244 e. The van der Waals surface area contributed by atoms with Gasteiger partial charge in [-0.1, -0.05) is 50.2 Å². The molecule has 0 heterocycles. The molecule has 0 bridgehead atoms. The van der Waals surface area contributed by atoms with Crippen LogP contribution >= 0.6 is 0 Å². The van der Waals surface area contributed by atoms with Gasteiger partial charge in [0.1, 0.15) is 18.3 Å². The minimum atomic E-state index is -3.78. The summed E-state index contributed by atoms with van der Waals surface area (Å²) in [5.74, 6) is -0.248. The molecule has 2 amide bonds. The van der Waals surface area contributed by atoms with Gasteiger partial charge >= 0.3 is 0 Å². The summed E-state index contributed by atoms with van der Waals surface area (Å²) < 4.78 is 31.4. The molecule has 0 saturated carbocycles. The lowest BCUT2D eigenvalue weighted by molar-refractivity contribution is -0.140. The summed E-state index contributed by atoms with van der Waals surface area (Å²) in [6.45, 7) is 4.04. The molecule has 0 aliphatic heterocycles. The number of rotatable bonds is 12. The summed E-state index contributed by atoms with van der Waals surface area (Å²) in [7, 11) is -2.30. The lowest BCUT2D eigenvalue weighted by atomic mass is 10.1. The lowest BCUT2D eigenvalue weighted by Crippen LogP contribution is -2.52. The van der Waals surface area contributed by atoms with Crippen LogP contribution in [-0.4, -0.2) is 57.6 Å². The zero-order valence-corrected chi connectivity index (χ0v) is 20.5. The van der Waals surface area contributed by atoms with Crippen LogP contribution in [0.25, 0.3) is 0 Å². The fourth-order valence-electron chi connectivity index (χ4n) is 3.44. The number of sulfonamides is 1. The molecule has 0 aromatic heterocycles. The number of carbonyl (C=O) groups is 2. The van der Waals surface area contributed by atoms with E-state index in [2.05, 4.69) is 5.32 Å². The molecule has 9 heteroatoms. The molecule has 0 aliphatic carbocycles. The van der Waals surface area contributed by atoms with Gasteiger partial charge in [0, 0.05) is 19.2 Å². The predicted octanol–water partition coefficient (Wildman–Crippen LogP) is 2.79. The Labute approximate surface area is 196 Å². The number of methoxy groups -OCH3 is 1. The maximum absolute atomic E-state index is 13.5. The average Bonchev–Trinajstić information content (AvgIpc) is 2.80. The second kappa shape index (κ2) is 12.2. The molecule has 0 unspecified atom stereocenters. The van der Waals surface area contributed by atoms with Gasteiger partial charge in [-0.2, -0.15) is 0 Å². The summed E-state index contributed by atoms with van der Waals surface area (Å²) >= 11 is 0. The van der Waals surface area contributed by atoms with Crippen molar-refractivity contribution in [1.29, 1.82) is 0 Å². The zero-order chi connectivity index (χ0) is 24.4. The largest absolute Gasteiger partial charge is 0.497 e. The smallest absolute Gasteiger partial charge is 0.244 e. The molecule has 180 valence electrons. The number of nitrogens with one attached hydrogen (secondary N) is 1. The molecule has 0 spiro atoms.